The minimum atomic E-state index is -3.78. The Morgan fingerprint density at radius 1 is 0.683 bits per heavy atom. The first-order valence-electron chi connectivity index (χ1n) is 13.3. The highest BCUT2D eigenvalue weighted by Gasteiger charge is 2.42. The zero-order valence-corrected chi connectivity index (χ0v) is 28.6. The predicted octanol–water partition coefficient (Wildman–Crippen LogP) is -1.96. The average Bonchev–Trinajstić information content (AvgIpc) is 3.49. The Labute approximate surface area is 258 Å². The molecule has 3 aliphatic rings. The molecule has 236 valence electrons. The molecule has 0 aliphatic carbocycles. The molecule has 3 aliphatic heterocycles. The Kier molecular flexibility index (Phi) is 14.8. The maximum absolute atomic E-state index is 10.8. The summed E-state index contributed by atoms with van der Waals surface area (Å²) in [6.45, 7) is -9.13. The van der Waals surface area contributed by atoms with Crippen molar-refractivity contribution in [2.75, 3.05) is 33.2 Å². The Morgan fingerprint density at radius 2 is 1.02 bits per heavy atom. The molecule has 0 spiro atoms. The molecule has 3 fully saturated rings. The highest BCUT2D eigenvalue weighted by molar-refractivity contribution is 8.07. The van der Waals surface area contributed by atoms with Gasteiger partial charge in [0.25, 0.3) is 0 Å². The number of nitrogens with two attached hydrogens (primary N) is 1. The molecule has 5 N–H and O–H groups in total. The molecule has 3 saturated heterocycles. The molecule has 12 unspecified atom stereocenters. The molecule has 23 heteroatoms. The summed E-state index contributed by atoms with van der Waals surface area (Å²) in [6.07, 6.45) is -2.30. The van der Waals surface area contributed by atoms with E-state index in [0.717, 1.165) is 0 Å². The van der Waals surface area contributed by atoms with Crippen molar-refractivity contribution >= 4 is 79.1 Å². The summed E-state index contributed by atoms with van der Waals surface area (Å²) >= 11 is 15.5. The number of hydrogen-bond donors (Lipinski definition) is 4. The molecule has 14 nitrogen and oxygen atoms in total. The number of rotatable bonds is 17. The van der Waals surface area contributed by atoms with Crippen molar-refractivity contribution in [3.8, 4) is 0 Å². The van der Waals surface area contributed by atoms with Gasteiger partial charge in [-0.05, 0) is 61.6 Å². The van der Waals surface area contributed by atoms with E-state index < -0.39 is 56.8 Å². The van der Waals surface area contributed by atoms with Crippen LogP contribution in [0.5, 0.6) is 0 Å². The molecule has 3 rings (SSSR count). The summed E-state index contributed by atoms with van der Waals surface area (Å²) in [4.78, 5) is 31.8. The third kappa shape index (κ3) is 12.4. The summed E-state index contributed by atoms with van der Waals surface area (Å²) < 4.78 is 56.1. The van der Waals surface area contributed by atoms with Crippen molar-refractivity contribution < 1.29 is 60.8 Å². The summed E-state index contributed by atoms with van der Waals surface area (Å²) in [5.41, 5.74) is 5.40. The van der Waals surface area contributed by atoms with Gasteiger partial charge in [0, 0.05) is 18.0 Å². The van der Waals surface area contributed by atoms with Crippen molar-refractivity contribution in [2.24, 2.45) is 5.73 Å². The SMILES string of the molecule is BC1CC(OP(O)(=S)OCC2OC(B)CC2OP(O)(=S)OCC2OC(B)CC2OP(O)(=S)OCC)C(COCN)O1. The van der Waals surface area contributed by atoms with Gasteiger partial charge in [0.05, 0.1) is 51.5 Å². The minimum absolute atomic E-state index is 0.0269. The Morgan fingerprint density at radius 3 is 1.37 bits per heavy atom. The van der Waals surface area contributed by atoms with Crippen LogP contribution in [-0.2, 0) is 81.5 Å². The molecule has 0 aromatic heterocycles. The monoisotopic (exact) mass is 699 g/mol. The van der Waals surface area contributed by atoms with Gasteiger partial charge in [-0.1, -0.05) is 0 Å². The van der Waals surface area contributed by atoms with Crippen LogP contribution in [0.4, 0.5) is 0 Å². The predicted molar refractivity (Wildman–Crippen MR) is 168 cm³/mol. The van der Waals surface area contributed by atoms with Crippen LogP contribution in [0.2, 0.25) is 0 Å². The molecule has 0 saturated carbocycles. The van der Waals surface area contributed by atoms with Crippen LogP contribution in [0, 0.1) is 0 Å². The van der Waals surface area contributed by atoms with E-state index in [1.807, 2.05) is 23.5 Å². The zero-order chi connectivity index (χ0) is 30.4. The summed E-state index contributed by atoms with van der Waals surface area (Å²) in [6, 6.07) is -0.550. The van der Waals surface area contributed by atoms with Gasteiger partial charge in [-0.2, -0.15) is 0 Å². The molecular weight excluding hydrogens is 660 g/mol. The second-order valence-electron chi connectivity index (χ2n) is 10.0. The Balaban J connectivity index is 1.52. The van der Waals surface area contributed by atoms with E-state index in [-0.39, 0.29) is 51.2 Å². The van der Waals surface area contributed by atoms with Crippen LogP contribution < -0.4 is 5.73 Å². The van der Waals surface area contributed by atoms with Gasteiger partial charge in [0.1, 0.15) is 41.9 Å². The van der Waals surface area contributed by atoms with E-state index in [0.29, 0.717) is 19.3 Å². The summed E-state index contributed by atoms with van der Waals surface area (Å²) in [5.74, 6) is 0. The maximum atomic E-state index is 10.8. The zero-order valence-electron chi connectivity index (χ0n) is 23.4. The van der Waals surface area contributed by atoms with Crippen LogP contribution in [-0.4, -0.2) is 126 Å². The van der Waals surface area contributed by atoms with Crippen LogP contribution in [0.25, 0.3) is 0 Å². The van der Waals surface area contributed by atoms with E-state index in [1.165, 1.54) is 0 Å². The van der Waals surface area contributed by atoms with Crippen LogP contribution in [0.1, 0.15) is 26.2 Å². The van der Waals surface area contributed by atoms with Crippen LogP contribution >= 0.6 is 20.2 Å². The lowest BCUT2D eigenvalue weighted by molar-refractivity contribution is -0.0325. The third-order valence-corrected chi connectivity index (χ3v) is 11.3. The van der Waals surface area contributed by atoms with E-state index in [1.54, 1.807) is 6.92 Å². The summed E-state index contributed by atoms with van der Waals surface area (Å²) in [5, 5.41) is 0. The van der Waals surface area contributed by atoms with Gasteiger partial charge < -0.3 is 66.5 Å². The van der Waals surface area contributed by atoms with Gasteiger partial charge in [-0.25, -0.2) is 0 Å². The highest BCUT2D eigenvalue weighted by atomic mass is 32.5. The smallest absolute Gasteiger partial charge is 0.324 e. The average molecular weight is 699 g/mol. The van der Waals surface area contributed by atoms with E-state index in [2.05, 4.69) is 0 Å². The Hall–Kier alpha value is 1.58. The maximum Gasteiger partial charge on any atom is 0.324 e. The van der Waals surface area contributed by atoms with Crippen molar-refractivity contribution in [3.05, 3.63) is 0 Å². The molecule has 0 aromatic carbocycles. The summed E-state index contributed by atoms with van der Waals surface area (Å²) in [7, 11) is 5.55. The minimum Gasteiger partial charge on any atom is -0.379 e. The first-order chi connectivity index (χ1) is 19.1. The standard InChI is InChI=1S/C18H39B3NO13P3S3/c1-2-27-36(23,39)33-11-4-17(20)31-14(11)7-29-38(25,41)35-12-5-18(21)32-15(12)8-28-37(24,40)34-10-3-16(19)30-13(10)6-26-9-22/h10-18H,2-9,19-22H2,1H3,(H,23,39)(H,24,40)(H,25,41). The van der Waals surface area contributed by atoms with Gasteiger partial charge in [-0.15, -0.1) is 0 Å². The third-order valence-electron chi connectivity index (χ3n) is 6.46. The second-order valence-corrected chi connectivity index (χ2v) is 18.4. The Bertz CT molecular complexity index is 999. The molecule has 0 bridgehead atoms. The largest absolute Gasteiger partial charge is 0.379 e. The fraction of sp³-hybridized carbons (Fsp3) is 1.00. The van der Waals surface area contributed by atoms with Gasteiger partial charge >= 0.3 is 20.2 Å². The topological polar surface area (TPSA) is 179 Å². The molecule has 3 heterocycles. The first-order valence-corrected chi connectivity index (χ1v) is 21.1. The van der Waals surface area contributed by atoms with Gasteiger partial charge in [-0.3, -0.25) is 0 Å². The molecule has 41 heavy (non-hydrogen) atoms. The number of hydrogen-bond acceptors (Lipinski definition) is 14. The lowest BCUT2D eigenvalue weighted by Gasteiger charge is -2.28. The van der Waals surface area contributed by atoms with E-state index >= 15 is 0 Å². The fourth-order valence-corrected chi connectivity index (χ4v) is 9.37. The molecule has 0 aromatic rings. The normalized spacial score (nSPS) is 38.4. The van der Waals surface area contributed by atoms with Crippen molar-refractivity contribution in [1.82, 2.24) is 0 Å². The first kappa shape index (κ1) is 37.0. The van der Waals surface area contributed by atoms with Crippen molar-refractivity contribution in [2.45, 2.75) is 80.8 Å². The van der Waals surface area contributed by atoms with Crippen LogP contribution in [0.15, 0.2) is 0 Å². The van der Waals surface area contributed by atoms with E-state index in [9.17, 15) is 14.7 Å². The lowest BCUT2D eigenvalue weighted by atomic mass is 9.96. The van der Waals surface area contributed by atoms with Crippen LogP contribution in [0.3, 0.4) is 0 Å². The quantitative estimate of drug-likeness (QED) is 0.0747. The molecule has 0 radical (unpaired) electrons. The van der Waals surface area contributed by atoms with Crippen molar-refractivity contribution in [1.29, 1.82) is 0 Å². The van der Waals surface area contributed by atoms with Gasteiger partial charge in [0.15, 0.2) is 0 Å². The van der Waals surface area contributed by atoms with E-state index in [4.69, 9.17) is 87.2 Å². The number of ether oxygens (including phenoxy) is 4. The molecular formula is C18H39B3NO13P3S3. The second kappa shape index (κ2) is 16.4. The van der Waals surface area contributed by atoms with Gasteiger partial charge in [0.2, 0.25) is 0 Å². The van der Waals surface area contributed by atoms with Crippen molar-refractivity contribution in [3.63, 3.8) is 0 Å². The highest BCUT2D eigenvalue weighted by Crippen LogP contribution is 2.52. The fourth-order valence-electron chi connectivity index (χ4n) is 4.82. The molecule has 0 amide bonds. The molecule has 12 atom stereocenters. The lowest BCUT2D eigenvalue weighted by Crippen LogP contribution is -2.31.